The second-order valence-corrected chi connectivity index (χ2v) is 5.66. The van der Waals surface area contributed by atoms with Crippen LogP contribution in [-0.4, -0.2) is 5.78 Å². The molecule has 102 valence electrons. The smallest absolute Gasteiger partial charge is 0.186 e. The standard InChI is InChI=1S/C15H9Cl2FOS/c16-11-3-6-13(17)15(9-11)20-8-7-14(19)10-1-4-12(18)5-2-10/h1-9H. The van der Waals surface area contributed by atoms with E-state index in [1.807, 2.05) is 0 Å². The van der Waals surface area contributed by atoms with Gasteiger partial charge in [0.25, 0.3) is 0 Å². The van der Waals surface area contributed by atoms with E-state index < -0.39 is 0 Å². The van der Waals surface area contributed by atoms with E-state index in [1.165, 1.54) is 42.1 Å². The lowest BCUT2D eigenvalue weighted by atomic mass is 10.1. The summed E-state index contributed by atoms with van der Waals surface area (Å²) in [5.41, 5.74) is 0.431. The summed E-state index contributed by atoms with van der Waals surface area (Å²) in [6, 6.07) is 10.5. The zero-order valence-electron chi connectivity index (χ0n) is 10.1. The average molecular weight is 327 g/mol. The molecule has 0 unspecified atom stereocenters. The highest BCUT2D eigenvalue weighted by Gasteiger charge is 2.03. The van der Waals surface area contributed by atoms with E-state index in [0.29, 0.717) is 15.6 Å². The van der Waals surface area contributed by atoms with E-state index in [2.05, 4.69) is 0 Å². The van der Waals surface area contributed by atoms with Crippen LogP contribution in [0.2, 0.25) is 10.0 Å². The topological polar surface area (TPSA) is 17.1 Å². The number of carbonyl (C=O) groups excluding carboxylic acids is 1. The molecule has 0 aliphatic heterocycles. The van der Waals surface area contributed by atoms with Gasteiger partial charge in [-0.1, -0.05) is 35.0 Å². The number of ketones is 1. The number of hydrogen-bond acceptors (Lipinski definition) is 2. The summed E-state index contributed by atoms with van der Waals surface area (Å²) in [7, 11) is 0. The summed E-state index contributed by atoms with van der Waals surface area (Å²) in [6.07, 6.45) is 1.41. The van der Waals surface area contributed by atoms with Crippen LogP contribution >= 0.6 is 35.0 Å². The van der Waals surface area contributed by atoms with Gasteiger partial charge in [-0.15, -0.1) is 0 Å². The van der Waals surface area contributed by atoms with Crippen molar-refractivity contribution in [1.82, 2.24) is 0 Å². The summed E-state index contributed by atoms with van der Waals surface area (Å²) >= 11 is 13.2. The van der Waals surface area contributed by atoms with Crippen LogP contribution in [0, 0.1) is 5.82 Å². The van der Waals surface area contributed by atoms with Gasteiger partial charge >= 0.3 is 0 Å². The van der Waals surface area contributed by atoms with E-state index in [0.717, 1.165) is 4.90 Å². The molecule has 2 rings (SSSR count). The first kappa shape index (κ1) is 15.1. The molecule has 0 saturated heterocycles. The minimum Gasteiger partial charge on any atom is -0.289 e. The third kappa shape index (κ3) is 4.10. The number of rotatable bonds is 4. The summed E-state index contributed by atoms with van der Waals surface area (Å²) in [6.45, 7) is 0. The Bertz CT molecular complexity index is 653. The molecule has 0 fully saturated rings. The van der Waals surface area contributed by atoms with Gasteiger partial charge in [-0.05, 0) is 53.9 Å². The fraction of sp³-hybridized carbons (Fsp3) is 0. The molecular weight excluding hydrogens is 318 g/mol. The molecule has 2 aromatic rings. The van der Waals surface area contributed by atoms with Gasteiger partial charge in [0.1, 0.15) is 5.82 Å². The fourth-order valence-electron chi connectivity index (χ4n) is 1.45. The van der Waals surface area contributed by atoms with Gasteiger partial charge in [0.05, 0.1) is 5.02 Å². The number of benzene rings is 2. The maximum absolute atomic E-state index is 12.7. The predicted molar refractivity (Wildman–Crippen MR) is 82.2 cm³/mol. The average Bonchev–Trinajstić information content (AvgIpc) is 2.43. The van der Waals surface area contributed by atoms with E-state index in [1.54, 1.807) is 23.6 Å². The third-order valence-corrected chi connectivity index (χ3v) is 3.98. The lowest BCUT2D eigenvalue weighted by Crippen LogP contribution is -1.93. The first-order valence-electron chi connectivity index (χ1n) is 5.64. The van der Waals surface area contributed by atoms with Crippen LogP contribution in [0.25, 0.3) is 0 Å². The largest absolute Gasteiger partial charge is 0.289 e. The Balaban J connectivity index is 2.04. The molecule has 0 bridgehead atoms. The molecule has 1 nitrogen and oxygen atoms in total. The molecule has 0 N–H and O–H groups in total. The maximum atomic E-state index is 12.7. The fourth-order valence-corrected chi connectivity index (χ4v) is 2.65. The van der Waals surface area contributed by atoms with Crippen LogP contribution in [0.1, 0.15) is 10.4 Å². The Morgan fingerprint density at radius 3 is 2.50 bits per heavy atom. The number of thioether (sulfide) groups is 1. The van der Waals surface area contributed by atoms with E-state index in [4.69, 9.17) is 23.2 Å². The quantitative estimate of drug-likeness (QED) is 0.412. The molecule has 0 atom stereocenters. The molecule has 0 radical (unpaired) electrons. The molecule has 0 saturated carbocycles. The van der Waals surface area contributed by atoms with Gasteiger partial charge in [0.2, 0.25) is 0 Å². The van der Waals surface area contributed by atoms with Crippen LogP contribution in [0.4, 0.5) is 4.39 Å². The Morgan fingerprint density at radius 2 is 1.80 bits per heavy atom. The van der Waals surface area contributed by atoms with Gasteiger partial charge in [-0.25, -0.2) is 4.39 Å². The summed E-state index contributed by atoms with van der Waals surface area (Å²) in [5.74, 6) is -0.568. The minimum absolute atomic E-state index is 0.198. The van der Waals surface area contributed by atoms with Crippen molar-refractivity contribution < 1.29 is 9.18 Å². The highest BCUT2D eigenvalue weighted by Crippen LogP contribution is 2.30. The van der Waals surface area contributed by atoms with Crippen LogP contribution in [0.15, 0.2) is 58.8 Å². The molecular formula is C15H9Cl2FOS. The van der Waals surface area contributed by atoms with Gasteiger partial charge in [0.15, 0.2) is 5.78 Å². The Kier molecular flexibility index (Phi) is 5.24. The SMILES string of the molecule is O=C(C=CSc1cc(Cl)ccc1Cl)c1ccc(F)cc1. The van der Waals surface area contributed by atoms with Crippen LogP contribution in [0.3, 0.4) is 0 Å². The van der Waals surface area contributed by atoms with E-state index in [-0.39, 0.29) is 11.6 Å². The van der Waals surface area contributed by atoms with Crippen molar-refractivity contribution in [3.63, 3.8) is 0 Å². The van der Waals surface area contributed by atoms with Crippen molar-refractivity contribution in [2.45, 2.75) is 4.90 Å². The first-order chi connectivity index (χ1) is 9.56. The monoisotopic (exact) mass is 326 g/mol. The second kappa shape index (κ2) is 6.93. The number of carbonyl (C=O) groups is 1. The number of allylic oxidation sites excluding steroid dienone is 1. The highest BCUT2D eigenvalue weighted by atomic mass is 35.5. The zero-order valence-corrected chi connectivity index (χ0v) is 12.5. The van der Waals surface area contributed by atoms with Crippen molar-refractivity contribution >= 4 is 40.7 Å². The highest BCUT2D eigenvalue weighted by molar-refractivity contribution is 8.02. The van der Waals surface area contributed by atoms with E-state index in [9.17, 15) is 9.18 Å². The molecule has 0 spiro atoms. The minimum atomic E-state index is -0.370. The molecule has 0 aliphatic rings. The van der Waals surface area contributed by atoms with Crippen molar-refractivity contribution in [3.05, 3.63) is 75.4 Å². The van der Waals surface area contributed by atoms with Gasteiger partial charge in [0, 0.05) is 15.5 Å². The number of hydrogen-bond donors (Lipinski definition) is 0. The number of halogens is 3. The van der Waals surface area contributed by atoms with Crippen LogP contribution in [-0.2, 0) is 0 Å². The second-order valence-electron chi connectivity index (χ2n) is 3.87. The summed E-state index contributed by atoms with van der Waals surface area (Å²) in [5, 5.41) is 2.77. The molecule has 5 heteroatoms. The van der Waals surface area contributed by atoms with E-state index >= 15 is 0 Å². The lowest BCUT2D eigenvalue weighted by molar-refractivity contribution is 0.104. The Morgan fingerprint density at radius 1 is 1.10 bits per heavy atom. The van der Waals surface area contributed by atoms with Gasteiger partial charge in [-0.3, -0.25) is 4.79 Å². The molecule has 0 aromatic heterocycles. The van der Waals surface area contributed by atoms with Crippen molar-refractivity contribution in [2.75, 3.05) is 0 Å². The van der Waals surface area contributed by atoms with Crippen LogP contribution < -0.4 is 0 Å². The molecule has 0 amide bonds. The summed E-state index contributed by atoms with van der Waals surface area (Å²) in [4.78, 5) is 12.6. The lowest BCUT2D eigenvalue weighted by Gasteiger charge is -2.00. The summed E-state index contributed by atoms with van der Waals surface area (Å²) < 4.78 is 12.7. The Labute approximate surface area is 130 Å². The van der Waals surface area contributed by atoms with Crippen molar-refractivity contribution in [1.29, 1.82) is 0 Å². The van der Waals surface area contributed by atoms with Gasteiger partial charge < -0.3 is 0 Å². The van der Waals surface area contributed by atoms with Crippen molar-refractivity contribution in [3.8, 4) is 0 Å². The molecule has 0 aliphatic carbocycles. The molecule has 2 aromatic carbocycles. The Hall–Kier alpha value is -1.29. The first-order valence-corrected chi connectivity index (χ1v) is 7.28. The normalized spacial score (nSPS) is 10.9. The maximum Gasteiger partial charge on any atom is 0.186 e. The van der Waals surface area contributed by atoms with Crippen molar-refractivity contribution in [2.24, 2.45) is 0 Å². The van der Waals surface area contributed by atoms with Gasteiger partial charge in [-0.2, -0.15) is 0 Å². The molecule has 0 heterocycles. The zero-order chi connectivity index (χ0) is 14.5. The van der Waals surface area contributed by atoms with Crippen LogP contribution in [0.5, 0.6) is 0 Å². The predicted octanol–water partition coefficient (Wildman–Crippen LogP) is 5.62. The third-order valence-electron chi connectivity index (χ3n) is 2.44. The molecule has 20 heavy (non-hydrogen) atoms.